The third kappa shape index (κ3) is 4.55. The summed E-state index contributed by atoms with van der Waals surface area (Å²) in [5.41, 5.74) is -0.276. The number of halogens is 2. The van der Waals surface area contributed by atoms with Crippen molar-refractivity contribution in [2.75, 3.05) is 5.32 Å². The van der Waals surface area contributed by atoms with Crippen LogP contribution in [0.5, 0.6) is 0 Å². The highest BCUT2D eigenvalue weighted by molar-refractivity contribution is 5.90. The minimum atomic E-state index is -0.666. The van der Waals surface area contributed by atoms with Gasteiger partial charge < -0.3 is 5.32 Å². The third-order valence-corrected chi connectivity index (χ3v) is 3.84. The first-order valence-corrected chi connectivity index (χ1v) is 8.02. The molecule has 0 spiro atoms. The number of carbonyl (C=O) groups is 1. The van der Waals surface area contributed by atoms with Gasteiger partial charge in [-0.15, -0.1) is 0 Å². The highest BCUT2D eigenvalue weighted by Crippen LogP contribution is 2.08. The molecule has 138 valence electrons. The van der Waals surface area contributed by atoms with E-state index in [-0.39, 0.29) is 6.54 Å². The lowest BCUT2D eigenvalue weighted by molar-refractivity contribution is -0.116. The molecule has 6 nitrogen and oxygen atoms in total. The fourth-order valence-corrected chi connectivity index (χ4v) is 2.49. The molecule has 27 heavy (non-hydrogen) atoms. The van der Waals surface area contributed by atoms with E-state index >= 15 is 0 Å². The average molecular weight is 371 g/mol. The Balaban J connectivity index is 1.79. The number of anilines is 1. The number of carbonyl (C=O) groups excluding carboxylic acids is 1. The molecule has 2 aromatic carbocycles. The highest BCUT2D eigenvalue weighted by atomic mass is 19.1. The van der Waals surface area contributed by atoms with Gasteiger partial charge in [-0.25, -0.2) is 13.6 Å². The van der Waals surface area contributed by atoms with Gasteiger partial charge >= 0.3 is 5.69 Å². The van der Waals surface area contributed by atoms with Gasteiger partial charge in [0.05, 0.1) is 6.54 Å². The van der Waals surface area contributed by atoms with Crippen molar-refractivity contribution in [2.24, 2.45) is 0 Å². The first kappa shape index (κ1) is 18.2. The standard InChI is InChI=1S/C19H15F2N3O3/c20-14-3-1-13(2-4-14)11-23-10-9-18(26)24(19(23)27)12-17(25)22-16-7-5-15(21)6-8-16/h1-10H,11-12H2,(H,22,25). The van der Waals surface area contributed by atoms with Crippen LogP contribution in [-0.4, -0.2) is 15.0 Å². The van der Waals surface area contributed by atoms with Crippen LogP contribution in [0.1, 0.15) is 5.56 Å². The number of rotatable bonds is 5. The van der Waals surface area contributed by atoms with E-state index in [1.807, 2.05) is 0 Å². The Bertz CT molecular complexity index is 1070. The van der Waals surface area contributed by atoms with Crippen molar-refractivity contribution in [3.05, 3.63) is 98.8 Å². The number of hydrogen-bond acceptors (Lipinski definition) is 3. The summed E-state index contributed by atoms with van der Waals surface area (Å²) in [7, 11) is 0. The summed E-state index contributed by atoms with van der Waals surface area (Å²) < 4.78 is 27.9. The van der Waals surface area contributed by atoms with E-state index in [1.54, 1.807) is 0 Å². The molecular formula is C19H15F2N3O3. The molecule has 8 heteroatoms. The van der Waals surface area contributed by atoms with Gasteiger partial charge in [0.15, 0.2) is 0 Å². The predicted octanol–water partition coefficient (Wildman–Crippen LogP) is 1.98. The quantitative estimate of drug-likeness (QED) is 0.745. The zero-order chi connectivity index (χ0) is 19.4. The van der Waals surface area contributed by atoms with Crippen molar-refractivity contribution in [3.8, 4) is 0 Å². The second-order valence-corrected chi connectivity index (χ2v) is 5.83. The molecule has 3 aromatic rings. The second-order valence-electron chi connectivity index (χ2n) is 5.83. The van der Waals surface area contributed by atoms with Gasteiger partial charge in [0.2, 0.25) is 5.91 Å². The Morgan fingerprint density at radius 1 is 0.889 bits per heavy atom. The van der Waals surface area contributed by atoms with Crippen LogP contribution in [0.25, 0.3) is 0 Å². The Hall–Kier alpha value is -3.55. The average Bonchev–Trinajstić information content (AvgIpc) is 2.65. The van der Waals surface area contributed by atoms with E-state index in [0.717, 1.165) is 4.57 Å². The van der Waals surface area contributed by atoms with E-state index in [9.17, 15) is 23.2 Å². The number of hydrogen-bond donors (Lipinski definition) is 1. The van der Waals surface area contributed by atoms with Gasteiger partial charge in [0.25, 0.3) is 5.56 Å². The van der Waals surface area contributed by atoms with Crippen LogP contribution in [0.2, 0.25) is 0 Å². The zero-order valence-electron chi connectivity index (χ0n) is 14.1. The maximum atomic E-state index is 13.0. The van der Waals surface area contributed by atoms with Crippen molar-refractivity contribution in [3.63, 3.8) is 0 Å². The minimum Gasteiger partial charge on any atom is -0.325 e. The van der Waals surface area contributed by atoms with Crippen LogP contribution >= 0.6 is 0 Å². The highest BCUT2D eigenvalue weighted by Gasteiger charge is 2.11. The second kappa shape index (κ2) is 7.77. The molecule has 0 atom stereocenters. The van der Waals surface area contributed by atoms with E-state index in [4.69, 9.17) is 0 Å². The van der Waals surface area contributed by atoms with Gasteiger partial charge in [-0.3, -0.25) is 18.7 Å². The van der Waals surface area contributed by atoms with E-state index in [1.165, 1.54) is 65.4 Å². The van der Waals surface area contributed by atoms with Crippen molar-refractivity contribution >= 4 is 11.6 Å². The monoisotopic (exact) mass is 371 g/mol. The molecule has 0 saturated carbocycles. The molecule has 0 unspecified atom stereocenters. The van der Waals surface area contributed by atoms with Crippen molar-refractivity contribution in [2.45, 2.75) is 13.1 Å². The molecule has 0 fully saturated rings. The third-order valence-electron chi connectivity index (χ3n) is 3.84. The smallest absolute Gasteiger partial charge is 0.325 e. The fraction of sp³-hybridized carbons (Fsp3) is 0.105. The molecule has 1 heterocycles. The number of nitrogens with one attached hydrogen (secondary N) is 1. The number of nitrogens with zero attached hydrogens (tertiary/aromatic N) is 2. The normalized spacial score (nSPS) is 10.6. The van der Waals surface area contributed by atoms with Gasteiger partial charge in [0, 0.05) is 18.0 Å². The predicted molar refractivity (Wildman–Crippen MR) is 95.5 cm³/mol. The number of benzene rings is 2. The maximum Gasteiger partial charge on any atom is 0.331 e. The van der Waals surface area contributed by atoms with Crippen molar-refractivity contribution in [1.29, 1.82) is 0 Å². The van der Waals surface area contributed by atoms with Gasteiger partial charge in [-0.2, -0.15) is 0 Å². The molecule has 0 aliphatic heterocycles. The van der Waals surface area contributed by atoms with Gasteiger partial charge in [0.1, 0.15) is 18.2 Å². The molecule has 0 radical (unpaired) electrons. The Kier molecular flexibility index (Phi) is 5.25. The van der Waals surface area contributed by atoms with E-state index in [2.05, 4.69) is 5.32 Å². The number of aromatic nitrogens is 2. The topological polar surface area (TPSA) is 73.1 Å². The minimum absolute atomic E-state index is 0.124. The molecule has 0 saturated heterocycles. The summed E-state index contributed by atoms with van der Waals surface area (Å²) in [5, 5.41) is 2.49. The summed E-state index contributed by atoms with van der Waals surface area (Å²) in [6, 6.07) is 11.9. The first-order valence-electron chi connectivity index (χ1n) is 8.02. The lowest BCUT2D eigenvalue weighted by Gasteiger charge is -2.10. The maximum absolute atomic E-state index is 13.0. The van der Waals surface area contributed by atoms with Crippen LogP contribution < -0.4 is 16.6 Å². The zero-order valence-corrected chi connectivity index (χ0v) is 14.1. The Morgan fingerprint density at radius 3 is 2.11 bits per heavy atom. The number of amides is 1. The van der Waals surface area contributed by atoms with E-state index < -0.39 is 35.3 Å². The lowest BCUT2D eigenvalue weighted by atomic mass is 10.2. The van der Waals surface area contributed by atoms with Crippen molar-refractivity contribution < 1.29 is 13.6 Å². The molecule has 0 aliphatic rings. The van der Waals surface area contributed by atoms with Crippen LogP contribution in [0.3, 0.4) is 0 Å². The molecule has 1 aromatic heterocycles. The molecule has 1 N–H and O–H groups in total. The van der Waals surface area contributed by atoms with Crippen LogP contribution in [-0.2, 0) is 17.9 Å². The largest absolute Gasteiger partial charge is 0.331 e. The molecule has 1 amide bonds. The van der Waals surface area contributed by atoms with Crippen molar-refractivity contribution in [1.82, 2.24) is 9.13 Å². The Labute approximate surface area is 152 Å². The summed E-state index contributed by atoms with van der Waals surface area (Å²) in [5.74, 6) is -1.44. The van der Waals surface area contributed by atoms with Crippen LogP contribution in [0.15, 0.2) is 70.4 Å². The molecule has 0 bridgehead atoms. The molecular weight excluding hydrogens is 356 g/mol. The summed E-state index contributed by atoms with van der Waals surface area (Å²) in [6.07, 6.45) is 1.32. The Morgan fingerprint density at radius 2 is 1.48 bits per heavy atom. The van der Waals surface area contributed by atoms with Crippen LogP contribution in [0, 0.1) is 11.6 Å². The van der Waals surface area contributed by atoms with Gasteiger partial charge in [-0.05, 0) is 42.0 Å². The SMILES string of the molecule is O=C(Cn1c(=O)ccn(Cc2ccc(F)cc2)c1=O)Nc1ccc(F)cc1. The summed E-state index contributed by atoms with van der Waals surface area (Å²) in [6.45, 7) is -0.363. The molecule has 3 rings (SSSR count). The summed E-state index contributed by atoms with van der Waals surface area (Å²) >= 11 is 0. The first-order chi connectivity index (χ1) is 12.9. The fourth-order valence-electron chi connectivity index (χ4n) is 2.49. The van der Waals surface area contributed by atoms with Crippen LogP contribution in [0.4, 0.5) is 14.5 Å². The summed E-state index contributed by atoms with van der Waals surface area (Å²) in [4.78, 5) is 36.6. The van der Waals surface area contributed by atoms with E-state index in [0.29, 0.717) is 11.3 Å². The van der Waals surface area contributed by atoms with Gasteiger partial charge in [-0.1, -0.05) is 12.1 Å². The lowest BCUT2D eigenvalue weighted by Crippen LogP contribution is -2.41. The molecule has 0 aliphatic carbocycles.